The average Bonchev–Trinajstić information content (AvgIpc) is 2.61. The van der Waals surface area contributed by atoms with E-state index in [1.807, 2.05) is 0 Å². The lowest BCUT2D eigenvalue weighted by Gasteiger charge is -2.48. The summed E-state index contributed by atoms with van der Waals surface area (Å²) in [6, 6.07) is 0. The van der Waals surface area contributed by atoms with Crippen LogP contribution in [0.15, 0.2) is 0 Å². The normalized spacial score (nSPS) is 39.0. The first kappa shape index (κ1) is 19.2. The van der Waals surface area contributed by atoms with E-state index < -0.39 is 0 Å². The third kappa shape index (κ3) is 4.23. The van der Waals surface area contributed by atoms with Crippen LogP contribution in [0.5, 0.6) is 0 Å². The number of halogens is 2. The predicted octanol–water partition coefficient (Wildman–Crippen LogP) is 3.63. The van der Waals surface area contributed by atoms with Gasteiger partial charge in [0.25, 0.3) is 0 Å². The molecule has 2 aliphatic carbocycles. The Hall–Kier alpha value is 0.460. The minimum atomic E-state index is -0.328. The van der Waals surface area contributed by atoms with Crippen molar-refractivity contribution in [2.24, 2.45) is 17.3 Å². The van der Waals surface area contributed by atoms with Gasteiger partial charge in [0.2, 0.25) is 0 Å². The molecule has 0 spiro atoms. The van der Waals surface area contributed by atoms with Crippen molar-refractivity contribution in [1.29, 1.82) is 0 Å². The molecule has 4 atom stereocenters. The molecule has 0 amide bonds. The molecule has 0 aromatic carbocycles. The topological polar surface area (TPSA) is 43.7 Å². The van der Waals surface area contributed by atoms with Crippen LogP contribution in [-0.2, 0) is 0 Å². The molecule has 1 aliphatic heterocycles. The van der Waals surface area contributed by atoms with Crippen LogP contribution in [0.2, 0.25) is 0 Å². The first-order valence-electron chi connectivity index (χ1n) is 9.83. The third-order valence-corrected chi connectivity index (χ3v) is 8.16. The molecule has 4 unspecified atom stereocenters. The molecular weight excluding hydrogens is 345 g/mol. The Kier molecular flexibility index (Phi) is 6.76. The van der Waals surface area contributed by atoms with Crippen LogP contribution in [0, 0.1) is 17.3 Å². The Labute approximate surface area is 156 Å². The van der Waals surface area contributed by atoms with Crippen molar-refractivity contribution in [3.63, 3.8) is 0 Å². The van der Waals surface area contributed by atoms with Crippen LogP contribution in [-0.4, -0.2) is 58.2 Å². The van der Waals surface area contributed by atoms with Gasteiger partial charge in [0.15, 0.2) is 0 Å². The number of aliphatic hydroxyl groups is 2. The van der Waals surface area contributed by atoms with E-state index in [9.17, 15) is 10.2 Å². The van der Waals surface area contributed by atoms with E-state index >= 15 is 0 Å². The number of likely N-dealkylation sites (tertiary alicyclic amines) is 1. The summed E-state index contributed by atoms with van der Waals surface area (Å²) in [4.78, 5) is 2.47. The highest BCUT2D eigenvalue weighted by Gasteiger charge is 2.42. The fraction of sp³-hybridized carbons (Fsp3) is 1.00. The molecule has 3 fully saturated rings. The van der Waals surface area contributed by atoms with E-state index in [1.54, 1.807) is 0 Å². The summed E-state index contributed by atoms with van der Waals surface area (Å²) in [6.45, 7) is 3.34. The van der Waals surface area contributed by atoms with Gasteiger partial charge in [-0.3, -0.25) is 0 Å². The molecule has 1 heterocycles. The van der Waals surface area contributed by atoms with E-state index in [2.05, 4.69) is 4.90 Å². The standard InChI is InChI=1S/C19H33Cl2NO2/c20-16-10-14(18(24)11-17(16)21)12-22-8-6-19(13-23,7-9-22)15-4-2-1-3-5-15/h14-18,23-24H,1-13H2. The Balaban J connectivity index is 1.52. The summed E-state index contributed by atoms with van der Waals surface area (Å²) in [6.07, 6.45) is 9.91. The van der Waals surface area contributed by atoms with E-state index in [0.29, 0.717) is 18.9 Å². The molecule has 140 valence electrons. The number of hydrogen-bond donors (Lipinski definition) is 2. The average molecular weight is 378 g/mol. The van der Waals surface area contributed by atoms with Gasteiger partial charge in [-0.25, -0.2) is 0 Å². The number of aliphatic hydroxyl groups excluding tert-OH is 2. The van der Waals surface area contributed by atoms with Crippen molar-refractivity contribution < 1.29 is 10.2 Å². The zero-order chi connectivity index (χ0) is 17.2. The van der Waals surface area contributed by atoms with Gasteiger partial charge < -0.3 is 15.1 Å². The van der Waals surface area contributed by atoms with E-state index in [4.69, 9.17) is 23.2 Å². The molecule has 5 heteroatoms. The smallest absolute Gasteiger partial charge is 0.0595 e. The Bertz CT molecular complexity index is 395. The Morgan fingerprint density at radius 2 is 1.58 bits per heavy atom. The van der Waals surface area contributed by atoms with Crippen LogP contribution in [0.4, 0.5) is 0 Å². The Morgan fingerprint density at radius 1 is 0.958 bits per heavy atom. The highest BCUT2D eigenvalue weighted by Crippen LogP contribution is 2.45. The molecule has 0 bridgehead atoms. The molecule has 0 aromatic heterocycles. The van der Waals surface area contributed by atoms with Gasteiger partial charge in [0.1, 0.15) is 0 Å². The fourth-order valence-electron chi connectivity index (χ4n) is 5.28. The summed E-state index contributed by atoms with van der Waals surface area (Å²) < 4.78 is 0. The second kappa shape index (κ2) is 8.43. The number of alkyl halides is 2. The lowest BCUT2D eigenvalue weighted by Crippen LogP contribution is -2.49. The molecule has 24 heavy (non-hydrogen) atoms. The van der Waals surface area contributed by atoms with E-state index in [-0.39, 0.29) is 28.2 Å². The summed E-state index contributed by atoms with van der Waals surface area (Å²) >= 11 is 12.5. The van der Waals surface area contributed by atoms with Crippen LogP contribution >= 0.6 is 23.2 Å². The predicted molar refractivity (Wildman–Crippen MR) is 99.8 cm³/mol. The first-order valence-corrected chi connectivity index (χ1v) is 10.7. The lowest BCUT2D eigenvalue weighted by atomic mass is 9.64. The summed E-state index contributed by atoms with van der Waals surface area (Å²) in [5.74, 6) is 0.946. The quantitative estimate of drug-likeness (QED) is 0.735. The Morgan fingerprint density at radius 3 is 2.21 bits per heavy atom. The minimum Gasteiger partial charge on any atom is -0.396 e. The maximum absolute atomic E-state index is 10.3. The summed E-state index contributed by atoms with van der Waals surface area (Å²) in [7, 11) is 0. The molecular formula is C19H33Cl2NO2. The zero-order valence-corrected chi connectivity index (χ0v) is 16.2. The van der Waals surface area contributed by atoms with E-state index in [0.717, 1.165) is 38.9 Å². The highest BCUT2D eigenvalue weighted by molar-refractivity contribution is 6.30. The second-order valence-electron chi connectivity index (χ2n) is 8.49. The van der Waals surface area contributed by atoms with Gasteiger partial charge in [-0.2, -0.15) is 0 Å². The third-order valence-electron chi connectivity index (χ3n) is 7.06. The van der Waals surface area contributed by atoms with Crippen molar-refractivity contribution >= 4 is 23.2 Å². The van der Waals surface area contributed by atoms with Gasteiger partial charge in [0, 0.05) is 13.2 Å². The minimum absolute atomic E-state index is 0.0244. The maximum atomic E-state index is 10.3. The van der Waals surface area contributed by atoms with Crippen LogP contribution in [0.3, 0.4) is 0 Å². The van der Waals surface area contributed by atoms with Gasteiger partial charge in [-0.05, 0) is 68.9 Å². The lowest BCUT2D eigenvalue weighted by molar-refractivity contribution is -0.0294. The summed E-state index contributed by atoms with van der Waals surface area (Å²) in [5.41, 5.74) is 0.151. The molecule has 2 N–H and O–H groups in total. The van der Waals surface area contributed by atoms with E-state index in [1.165, 1.54) is 32.1 Å². The summed E-state index contributed by atoms with van der Waals surface area (Å²) in [5, 5.41) is 20.3. The largest absolute Gasteiger partial charge is 0.396 e. The molecule has 0 aromatic rings. The first-order chi connectivity index (χ1) is 11.5. The zero-order valence-electron chi connectivity index (χ0n) is 14.7. The second-order valence-corrected chi connectivity index (χ2v) is 9.61. The number of nitrogens with zero attached hydrogens (tertiary/aromatic N) is 1. The van der Waals surface area contributed by atoms with Gasteiger partial charge >= 0.3 is 0 Å². The SMILES string of the molecule is OCC1(C2CCCCC2)CCN(CC2CC(Cl)C(Cl)CC2O)CC1. The van der Waals surface area contributed by atoms with Crippen LogP contribution in [0.1, 0.15) is 57.8 Å². The molecule has 2 saturated carbocycles. The fourth-order valence-corrected chi connectivity index (χ4v) is 5.90. The molecule has 1 saturated heterocycles. The van der Waals surface area contributed by atoms with Crippen molar-refractivity contribution in [2.75, 3.05) is 26.2 Å². The van der Waals surface area contributed by atoms with Gasteiger partial charge in [0.05, 0.1) is 16.9 Å². The molecule has 3 rings (SSSR count). The van der Waals surface area contributed by atoms with Crippen molar-refractivity contribution in [3.8, 4) is 0 Å². The monoisotopic (exact) mass is 377 g/mol. The van der Waals surface area contributed by atoms with Gasteiger partial charge in [-0.1, -0.05) is 19.3 Å². The highest BCUT2D eigenvalue weighted by atomic mass is 35.5. The number of rotatable bonds is 4. The van der Waals surface area contributed by atoms with Crippen LogP contribution in [0.25, 0.3) is 0 Å². The van der Waals surface area contributed by atoms with Gasteiger partial charge in [-0.15, -0.1) is 23.2 Å². The maximum Gasteiger partial charge on any atom is 0.0595 e. The number of hydrogen-bond acceptors (Lipinski definition) is 3. The van der Waals surface area contributed by atoms with Crippen LogP contribution < -0.4 is 0 Å². The number of piperidine rings is 1. The van der Waals surface area contributed by atoms with Crippen molar-refractivity contribution in [2.45, 2.75) is 74.6 Å². The van der Waals surface area contributed by atoms with Crippen molar-refractivity contribution in [3.05, 3.63) is 0 Å². The molecule has 3 nitrogen and oxygen atoms in total. The van der Waals surface area contributed by atoms with Crippen molar-refractivity contribution in [1.82, 2.24) is 4.90 Å². The molecule has 3 aliphatic rings. The molecule has 0 radical (unpaired) electrons.